The summed E-state index contributed by atoms with van der Waals surface area (Å²) in [5, 5.41) is 17.2. The van der Waals surface area contributed by atoms with E-state index in [-0.39, 0.29) is 75.5 Å². The molecule has 0 radical (unpaired) electrons. The van der Waals surface area contributed by atoms with E-state index < -0.39 is 6.16 Å². The van der Waals surface area contributed by atoms with E-state index in [1.807, 2.05) is 0 Å². The van der Waals surface area contributed by atoms with Gasteiger partial charge in [0.25, 0.3) is 0 Å². The van der Waals surface area contributed by atoms with E-state index in [1.54, 1.807) is 0 Å². The minimum atomic E-state index is -2.05. The van der Waals surface area contributed by atoms with Crippen molar-refractivity contribution >= 4 is 6.16 Å². The van der Waals surface area contributed by atoms with Crippen molar-refractivity contribution in [3.8, 4) is 0 Å². The molecule has 0 unspecified atom stereocenters. The number of carboxylic acid groups (broad SMARTS) is 1. The van der Waals surface area contributed by atoms with Crippen LogP contribution in [0.3, 0.4) is 0 Å². The van der Waals surface area contributed by atoms with Crippen LogP contribution in [0.5, 0.6) is 0 Å². The van der Waals surface area contributed by atoms with Crippen LogP contribution < -0.4 is 69.5 Å². The van der Waals surface area contributed by atoms with Crippen molar-refractivity contribution in [2.75, 3.05) is 0 Å². The Labute approximate surface area is 101 Å². The summed E-state index contributed by atoms with van der Waals surface area (Å²) in [4.78, 5) is 11.0. The fraction of sp³-hybridized carbons (Fsp3) is 0. The molecular weight excluding hydrogens is 170 g/mol. The molecule has 0 spiro atoms. The standard InChI is InChI=1S/CH2O4.2Na.3H2O/c2-1(3)5-4;;;;;/h4H,(H,2,3);;;3*1H2/q;2*+1;;;/p-2. The largest absolute Gasteiger partial charge is 1.00 e. The molecule has 0 aromatic carbocycles. The summed E-state index contributed by atoms with van der Waals surface area (Å²) in [5.41, 5.74) is 0. The number of carbonyl (C=O) groups excluding carboxylic acids is 1. The molecule has 0 atom stereocenters. The van der Waals surface area contributed by atoms with Gasteiger partial charge in [-0.1, -0.05) is 0 Å². The van der Waals surface area contributed by atoms with E-state index in [1.165, 1.54) is 0 Å². The quantitative estimate of drug-likeness (QED) is 0.203. The van der Waals surface area contributed by atoms with E-state index in [9.17, 15) is 0 Å². The zero-order valence-corrected chi connectivity index (χ0v) is 9.63. The van der Waals surface area contributed by atoms with Gasteiger partial charge in [0.15, 0.2) is 0 Å². The molecule has 0 heterocycles. The second kappa shape index (κ2) is 32.1. The third kappa shape index (κ3) is 61.9. The third-order valence-corrected chi connectivity index (χ3v) is 0.0680. The number of rotatable bonds is 0. The summed E-state index contributed by atoms with van der Waals surface area (Å²) in [5.74, 6) is 0. The van der Waals surface area contributed by atoms with Gasteiger partial charge in [0.1, 0.15) is 0 Å². The molecule has 0 aromatic rings. The Hall–Kier alpha value is 1.11. The summed E-state index contributed by atoms with van der Waals surface area (Å²) < 4.78 is 0. The van der Waals surface area contributed by atoms with Crippen LogP contribution in [0, 0.1) is 0 Å². The second-order valence-electron chi connectivity index (χ2n) is 0.333. The van der Waals surface area contributed by atoms with Gasteiger partial charge < -0.3 is 36.5 Å². The molecule has 7 nitrogen and oxygen atoms in total. The van der Waals surface area contributed by atoms with Gasteiger partial charge in [0.2, 0.25) is 6.16 Å². The second-order valence-corrected chi connectivity index (χ2v) is 0.333. The van der Waals surface area contributed by atoms with Gasteiger partial charge in [-0.2, -0.15) is 0 Å². The van der Waals surface area contributed by atoms with Gasteiger partial charge in [-0.3, -0.25) is 0 Å². The van der Waals surface area contributed by atoms with E-state index >= 15 is 0 Å². The van der Waals surface area contributed by atoms with Crippen molar-refractivity contribution in [1.82, 2.24) is 0 Å². The molecule has 54 valence electrons. The number of hydrogen-bond donors (Lipinski definition) is 0. The first kappa shape index (κ1) is 43.5. The average molecular weight is 176 g/mol. The van der Waals surface area contributed by atoms with E-state index in [4.69, 9.17) is 15.2 Å². The molecule has 0 aliphatic rings. The smallest absolute Gasteiger partial charge is 0.755 e. The maximum atomic E-state index is 8.72. The van der Waals surface area contributed by atoms with Crippen LogP contribution in [-0.2, 0) is 4.89 Å². The van der Waals surface area contributed by atoms with Gasteiger partial charge in [0, 0.05) is 0 Å². The van der Waals surface area contributed by atoms with Crippen LogP contribution in [0.1, 0.15) is 0 Å². The van der Waals surface area contributed by atoms with Crippen LogP contribution in [0.25, 0.3) is 0 Å². The van der Waals surface area contributed by atoms with Gasteiger partial charge in [0.05, 0.1) is 0 Å². The molecule has 6 N–H and O–H groups in total. The van der Waals surface area contributed by atoms with Crippen molar-refractivity contribution in [1.29, 1.82) is 0 Å². The fourth-order valence-corrected chi connectivity index (χ4v) is 0. The Morgan fingerprint density at radius 3 is 1.20 bits per heavy atom. The molecule has 10 heavy (non-hydrogen) atoms. The van der Waals surface area contributed by atoms with Gasteiger partial charge in [-0.05, 0) is 0 Å². The zero-order chi connectivity index (χ0) is 4.28. The third-order valence-electron chi connectivity index (χ3n) is 0.0680. The van der Waals surface area contributed by atoms with Crippen LogP contribution >= 0.6 is 0 Å². The molecule has 0 amide bonds. The summed E-state index contributed by atoms with van der Waals surface area (Å²) in [6.45, 7) is 0. The number of hydrogen-bond acceptors (Lipinski definition) is 4. The van der Waals surface area contributed by atoms with Crippen LogP contribution in [0.2, 0.25) is 0 Å². The van der Waals surface area contributed by atoms with E-state index in [0.29, 0.717) is 0 Å². The van der Waals surface area contributed by atoms with Crippen molar-refractivity contribution in [2.45, 2.75) is 0 Å². The molecular formula is CH6Na2O7. The van der Waals surface area contributed by atoms with E-state index in [0.717, 1.165) is 0 Å². The monoisotopic (exact) mass is 176 g/mol. The summed E-state index contributed by atoms with van der Waals surface area (Å²) in [6, 6.07) is 0. The zero-order valence-electron chi connectivity index (χ0n) is 5.63. The van der Waals surface area contributed by atoms with Gasteiger partial charge in [-0.15, -0.1) is 0 Å². The molecule has 0 aliphatic carbocycles. The van der Waals surface area contributed by atoms with Crippen LogP contribution in [-0.4, -0.2) is 22.6 Å². The molecule has 9 heteroatoms. The minimum absolute atomic E-state index is 0. The average Bonchev–Trinajstić information content (AvgIpc) is 1.38. The molecule has 0 saturated carbocycles. The Morgan fingerprint density at radius 1 is 1.10 bits per heavy atom. The normalized spacial score (nSPS) is 3.30. The predicted molar refractivity (Wildman–Crippen MR) is 17.3 cm³/mol. The van der Waals surface area contributed by atoms with Crippen molar-refractivity contribution in [2.24, 2.45) is 0 Å². The molecule has 0 aliphatic heterocycles. The van der Waals surface area contributed by atoms with Crippen molar-refractivity contribution in [3.63, 3.8) is 0 Å². The molecule has 0 fully saturated rings. The molecule has 0 aromatic heterocycles. The predicted octanol–water partition coefficient (Wildman–Crippen LogP) is -10.8. The fourth-order valence-electron chi connectivity index (χ4n) is 0. The first-order chi connectivity index (χ1) is 2.27. The van der Waals surface area contributed by atoms with Gasteiger partial charge >= 0.3 is 59.1 Å². The summed E-state index contributed by atoms with van der Waals surface area (Å²) in [6.07, 6.45) is -2.05. The van der Waals surface area contributed by atoms with E-state index in [2.05, 4.69) is 4.89 Å². The maximum absolute atomic E-state index is 8.72. The van der Waals surface area contributed by atoms with Crippen molar-refractivity contribution in [3.05, 3.63) is 0 Å². The van der Waals surface area contributed by atoms with Crippen molar-refractivity contribution < 1.29 is 95.6 Å². The Bertz CT molecular complexity index is 46.9. The maximum Gasteiger partial charge on any atom is 1.00 e. The van der Waals surface area contributed by atoms with Gasteiger partial charge in [-0.25, -0.2) is 0 Å². The summed E-state index contributed by atoms with van der Waals surface area (Å²) in [7, 11) is 0. The summed E-state index contributed by atoms with van der Waals surface area (Å²) >= 11 is 0. The topological polar surface area (TPSA) is 167 Å². The van der Waals surface area contributed by atoms with Crippen LogP contribution in [0.15, 0.2) is 0 Å². The Balaban J connectivity index is -0.00000000800. The molecule has 0 bridgehead atoms. The Kier molecular flexibility index (Phi) is 140. The Morgan fingerprint density at radius 2 is 1.20 bits per heavy atom. The molecule has 0 rings (SSSR count). The SMILES string of the molecule is O.O.O.O=C([O-])O[O-].[Na+].[Na+]. The minimum Gasteiger partial charge on any atom is -0.755 e. The first-order valence-electron chi connectivity index (χ1n) is 0.779. The molecule has 0 saturated heterocycles. The number of carbonyl (C=O) groups is 1. The van der Waals surface area contributed by atoms with Crippen LogP contribution in [0.4, 0.5) is 4.79 Å². The first-order valence-corrected chi connectivity index (χ1v) is 0.779.